The highest BCUT2D eigenvalue weighted by molar-refractivity contribution is 5.96. The maximum Gasteiger partial charge on any atom is 0.224 e. The smallest absolute Gasteiger partial charge is 0.224 e. The van der Waals surface area contributed by atoms with Crippen LogP contribution >= 0.6 is 0 Å². The van der Waals surface area contributed by atoms with Crippen molar-refractivity contribution >= 4 is 23.2 Å². The highest BCUT2D eigenvalue weighted by Crippen LogP contribution is 2.36. The lowest BCUT2D eigenvalue weighted by molar-refractivity contribution is -0.117. The second-order valence-electron chi connectivity index (χ2n) is 6.55. The lowest BCUT2D eigenvalue weighted by Gasteiger charge is -2.17. The van der Waals surface area contributed by atoms with Gasteiger partial charge in [-0.3, -0.25) is 9.59 Å². The number of hydrogen-bond donors (Lipinski definition) is 2. The molecule has 2 N–H and O–H groups in total. The minimum Gasteiger partial charge on any atom is -0.494 e. The Morgan fingerprint density at radius 2 is 1.17 bits per heavy atom. The van der Waals surface area contributed by atoms with Crippen molar-refractivity contribution in [1.82, 2.24) is 0 Å². The van der Waals surface area contributed by atoms with Crippen LogP contribution in [0.15, 0.2) is 12.1 Å². The molecule has 1 aromatic carbocycles. The Bertz CT molecular complexity index is 531. The average molecular weight is 336 g/mol. The van der Waals surface area contributed by atoms with Crippen LogP contribution in [0.25, 0.3) is 0 Å². The van der Waals surface area contributed by atoms with Gasteiger partial charge in [0.2, 0.25) is 11.8 Å². The van der Waals surface area contributed by atoms with E-state index in [2.05, 4.69) is 10.6 Å². The maximum absolute atomic E-state index is 12.0. The van der Waals surface area contributed by atoms with E-state index in [1.807, 2.05) is 27.7 Å². The summed E-state index contributed by atoms with van der Waals surface area (Å²) >= 11 is 0. The van der Waals surface area contributed by atoms with Crippen LogP contribution < -0.4 is 20.1 Å². The van der Waals surface area contributed by atoms with Crippen LogP contribution in [-0.2, 0) is 9.59 Å². The average Bonchev–Trinajstić information content (AvgIpc) is 2.46. The van der Waals surface area contributed by atoms with Crippen molar-refractivity contribution in [2.45, 2.75) is 40.5 Å². The van der Waals surface area contributed by atoms with Gasteiger partial charge in [0.05, 0.1) is 25.6 Å². The van der Waals surface area contributed by atoms with Gasteiger partial charge in [-0.1, -0.05) is 27.7 Å². The van der Waals surface area contributed by atoms with E-state index in [9.17, 15) is 9.59 Å². The van der Waals surface area contributed by atoms with Gasteiger partial charge in [-0.15, -0.1) is 0 Å². The molecule has 0 saturated carbocycles. The molecule has 0 atom stereocenters. The van der Waals surface area contributed by atoms with E-state index >= 15 is 0 Å². The molecule has 0 aliphatic heterocycles. The molecule has 0 heterocycles. The van der Waals surface area contributed by atoms with E-state index in [4.69, 9.17) is 9.47 Å². The van der Waals surface area contributed by atoms with Crippen LogP contribution in [-0.4, -0.2) is 26.0 Å². The van der Waals surface area contributed by atoms with Crippen molar-refractivity contribution in [3.63, 3.8) is 0 Å². The van der Waals surface area contributed by atoms with Crippen molar-refractivity contribution < 1.29 is 19.1 Å². The highest BCUT2D eigenvalue weighted by atomic mass is 16.5. The van der Waals surface area contributed by atoms with Crippen LogP contribution in [0.2, 0.25) is 0 Å². The fourth-order valence-corrected chi connectivity index (χ4v) is 2.24. The molecule has 0 unspecified atom stereocenters. The minimum absolute atomic E-state index is 0.0954. The number of ether oxygens (including phenoxy) is 2. The number of benzene rings is 1. The minimum atomic E-state index is -0.0954. The van der Waals surface area contributed by atoms with E-state index in [0.717, 1.165) is 0 Å². The van der Waals surface area contributed by atoms with Gasteiger partial charge in [0.1, 0.15) is 11.5 Å². The van der Waals surface area contributed by atoms with Gasteiger partial charge in [-0.25, -0.2) is 0 Å². The lowest BCUT2D eigenvalue weighted by Crippen LogP contribution is -2.16. The molecule has 0 aliphatic rings. The van der Waals surface area contributed by atoms with Crippen LogP contribution in [0.1, 0.15) is 40.5 Å². The van der Waals surface area contributed by atoms with Gasteiger partial charge in [0.25, 0.3) is 0 Å². The number of carbonyl (C=O) groups is 2. The van der Waals surface area contributed by atoms with Crippen LogP contribution in [0.3, 0.4) is 0 Å². The summed E-state index contributed by atoms with van der Waals surface area (Å²) < 4.78 is 10.7. The predicted octanol–water partition coefficient (Wildman–Crippen LogP) is 3.67. The van der Waals surface area contributed by atoms with Crippen LogP contribution in [0.5, 0.6) is 11.5 Å². The normalized spacial score (nSPS) is 10.7. The van der Waals surface area contributed by atoms with Gasteiger partial charge in [0, 0.05) is 25.0 Å². The molecular weight excluding hydrogens is 308 g/mol. The Balaban J connectivity index is 3.04. The van der Waals surface area contributed by atoms with Gasteiger partial charge in [-0.05, 0) is 11.8 Å². The van der Waals surface area contributed by atoms with E-state index in [1.54, 1.807) is 12.1 Å². The van der Waals surface area contributed by atoms with Crippen LogP contribution in [0.4, 0.5) is 11.4 Å². The zero-order valence-corrected chi connectivity index (χ0v) is 15.4. The standard InChI is InChI=1S/C18H28N2O4/c1-11(2)7-17(21)19-13-9-16(24-6)14(10-15(13)23-5)20-18(22)8-12(3)4/h9-12H,7-8H2,1-6H3,(H,19,21)(H,20,22). The first-order valence-corrected chi connectivity index (χ1v) is 8.12. The first-order chi connectivity index (χ1) is 11.3. The molecule has 0 spiro atoms. The number of methoxy groups -OCH3 is 2. The molecule has 6 nitrogen and oxygen atoms in total. The zero-order chi connectivity index (χ0) is 18.3. The Morgan fingerprint density at radius 3 is 1.42 bits per heavy atom. The van der Waals surface area contributed by atoms with Gasteiger partial charge >= 0.3 is 0 Å². The van der Waals surface area contributed by atoms with Crippen molar-refractivity contribution in [3.05, 3.63) is 12.1 Å². The highest BCUT2D eigenvalue weighted by Gasteiger charge is 2.16. The Kier molecular flexibility index (Phi) is 7.55. The summed E-state index contributed by atoms with van der Waals surface area (Å²) in [5, 5.41) is 5.65. The summed E-state index contributed by atoms with van der Waals surface area (Å²) in [6.45, 7) is 7.91. The summed E-state index contributed by atoms with van der Waals surface area (Å²) in [6.07, 6.45) is 0.830. The number of nitrogens with one attached hydrogen (secondary N) is 2. The van der Waals surface area contributed by atoms with Gasteiger partial charge < -0.3 is 20.1 Å². The molecule has 2 amide bonds. The summed E-state index contributed by atoms with van der Waals surface area (Å²) in [6, 6.07) is 3.31. The topological polar surface area (TPSA) is 76.7 Å². The Labute approximate surface area is 143 Å². The molecule has 0 radical (unpaired) electrons. The van der Waals surface area contributed by atoms with Crippen LogP contribution in [0, 0.1) is 11.8 Å². The fourth-order valence-electron chi connectivity index (χ4n) is 2.24. The van der Waals surface area contributed by atoms with E-state index in [1.165, 1.54) is 14.2 Å². The third kappa shape index (κ3) is 6.10. The van der Waals surface area contributed by atoms with Crippen molar-refractivity contribution in [2.24, 2.45) is 11.8 Å². The number of amides is 2. The van der Waals surface area contributed by atoms with Crippen molar-refractivity contribution in [1.29, 1.82) is 0 Å². The molecule has 1 aromatic rings. The summed E-state index contributed by atoms with van der Waals surface area (Å²) in [4.78, 5) is 24.0. The molecule has 134 valence electrons. The third-order valence-electron chi connectivity index (χ3n) is 3.26. The number of carbonyl (C=O) groups excluding carboxylic acids is 2. The summed E-state index contributed by atoms with van der Waals surface area (Å²) in [5.41, 5.74) is 1.03. The second kappa shape index (κ2) is 9.15. The monoisotopic (exact) mass is 336 g/mol. The van der Waals surface area contributed by atoms with E-state index in [0.29, 0.717) is 35.7 Å². The Morgan fingerprint density at radius 1 is 0.833 bits per heavy atom. The fraction of sp³-hybridized carbons (Fsp3) is 0.556. The molecule has 0 aromatic heterocycles. The van der Waals surface area contributed by atoms with Gasteiger partial charge in [0.15, 0.2) is 0 Å². The first kappa shape index (κ1) is 19.8. The quantitative estimate of drug-likeness (QED) is 0.759. The Hall–Kier alpha value is -2.24. The zero-order valence-electron chi connectivity index (χ0n) is 15.4. The molecular formula is C18H28N2O4. The number of rotatable bonds is 8. The molecule has 0 saturated heterocycles. The third-order valence-corrected chi connectivity index (χ3v) is 3.26. The number of anilines is 2. The van der Waals surface area contributed by atoms with Crippen molar-refractivity contribution in [2.75, 3.05) is 24.9 Å². The number of hydrogen-bond acceptors (Lipinski definition) is 4. The molecule has 24 heavy (non-hydrogen) atoms. The maximum atomic E-state index is 12.0. The lowest BCUT2D eigenvalue weighted by atomic mass is 10.1. The largest absolute Gasteiger partial charge is 0.494 e. The summed E-state index contributed by atoms with van der Waals surface area (Å²) in [5.74, 6) is 1.25. The van der Waals surface area contributed by atoms with E-state index < -0.39 is 0 Å². The first-order valence-electron chi connectivity index (χ1n) is 8.12. The molecule has 0 bridgehead atoms. The molecule has 1 rings (SSSR count). The van der Waals surface area contributed by atoms with Crippen molar-refractivity contribution in [3.8, 4) is 11.5 Å². The van der Waals surface area contributed by atoms with E-state index in [-0.39, 0.29) is 23.7 Å². The predicted molar refractivity (Wildman–Crippen MR) is 95.7 cm³/mol. The summed E-state index contributed by atoms with van der Waals surface area (Å²) in [7, 11) is 3.03. The van der Waals surface area contributed by atoms with Gasteiger partial charge in [-0.2, -0.15) is 0 Å². The molecule has 0 aliphatic carbocycles. The SMILES string of the molecule is COc1cc(NC(=O)CC(C)C)c(OC)cc1NC(=O)CC(C)C. The molecule has 0 fully saturated rings. The molecule has 6 heteroatoms. The second-order valence-corrected chi connectivity index (χ2v) is 6.55.